The summed E-state index contributed by atoms with van der Waals surface area (Å²) in [4.78, 5) is 24.2. The van der Waals surface area contributed by atoms with Gasteiger partial charge in [0.15, 0.2) is 6.10 Å². The van der Waals surface area contributed by atoms with Gasteiger partial charge in [0.2, 0.25) is 0 Å². The summed E-state index contributed by atoms with van der Waals surface area (Å²) in [6.45, 7) is 3.52. The monoisotopic (exact) mass is 393 g/mol. The second-order valence-electron chi connectivity index (χ2n) is 5.21. The summed E-state index contributed by atoms with van der Waals surface area (Å²) in [5.41, 5.74) is 1.94. The van der Waals surface area contributed by atoms with Crippen LogP contribution >= 0.6 is 15.9 Å². The molecule has 2 aromatic rings. The van der Waals surface area contributed by atoms with Crippen molar-refractivity contribution in [2.45, 2.75) is 26.4 Å². The van der Waals surface area contributed by atoms with Crippen LogP contribution in [-0.2, 0) is 16.0 Å². The van der Waals surface area contributed by atoms with E-state index in [2.05, 4.69) is 21.2 Å². The highest BCUT2D eigenvalue weighted by Crippen LogP contribution is 2.19. The highest BCUT2D eigenvalue weighted by Gasteiger charge is 2.20. The fourth-order valence-electron chi connectivity index (χ4n) is 2.00. The molecule has 0 aliphatic carbocycles. The van der Waals surface area contributed by atoms with Crippen LogP contribution in [0, 0.1) is 5.82 Å². The molecule has 0 fully saturated rings. The average molecular weight is 394 g/mol. The molecule has 1 amide bonds. The van der Waals surface area contributed by atoms with Crippen LogP contribution in [-0.4, -0.2) is 18.0 Å². The van der Waals surface area contributed by atoms with E-state index in [1.807, 2.05) is 19.1 Å². The summed E-state index contributed by atoms with van der Waals surface area (Å²) in [7, 11) is 0. The molecular weight excluding hydrogens is 377 g/mol. The van der Waals surface area contributed by atoms with E-state index >= 15 is 0 Å². The molecule has 0 aromatic heterocycles. The number of rotatable bonds is 5. The quantitative estimate of drug-likeness (QED) is 0.768. The second kappa shape index (κ2) is 8.06. The molecule has 126 valence electrons. The zero-order chi connectivity index (χ0) is 17.7. The van der Waals surface area contributed by atoms with Crippen molar-refractivity contribution in [1.29, 1.82) is 0 Å². The van der Waals surface area contributed by atoms with Crippen LogP contribution in [0.25, 0.3) is 0 Å². The molecular formula is C18H17BrFNO3. The first-order valence-electron chi connectivity index (χ1n) is 7.46. The van der Waals surface area contributed by atoms with Gasteiger partial charge in [-0.1, -0.05) is 19.1 Å². The number of carbonyl (C=O) groups excluding carboxylic acids is 2. The Hall–Kier alpha value is -2.21. The molecule has 0 aliphatic heterocycles. The number of anilines is 1. The zero-order valence-electron chi connectivity index (χ0n) is 13.3. The molecule has 24 heavy (non-hydrogen) atoms. The largest absolute Gasteiger partial charge is 0.449 e. The van der Waals surface area contributed by atoms with E-state index in [1.165, 1.54) is 13.0 Å². The first-order chi connectivity index (χ1) is 11.4. The van der Waals surface area contributed by atoms with Crippen LogP contribution in [0.1, 0.15) is 29.8 Å². The number of aryl methyl sites for hydroxylation is 1. The molecule has 0 aliphatic rings. The summed E-state index contributed by atoms with van der Waals surface area (Å²) in [5, 5.41) is 2.69. The molecule has 0 saturated carbocycles. The van der Waals surface area contributed by atoms with E-state index in [4.69, 9.17) is 4.74 Å². The van der Waals surface area contributed by atoms with Crippen molar-refractivity contribution in [3.63, 3.8) is 0 Å². The molecule has 6 heteroatoms. The van der Waals surface area contributed by atoms with Crippen LogP contribution in [0.2, 0.25) is 0 Å². The van der Waals surface area contributed by atoms with Crippen molar-refractivity contribution in [1.82, 2.24) is 0 Å². The van der Waals surface area contributed by atoms with Crippen LogP contribution in [0.5, 0.6) is 0 Å². The van der Waals surface area contributed by atoms with Gasteiger partial charge in [0.1, 0.15) is 5.82 Å². The summed E-state index contributed by atoms with van der Waals surface area (Å²) in [6, 6.07) is 11.0. The standard InChI is InChI=1S/C18H17BrFNO3/c1-3-12-4-7-14(8-5-12)21-17(22)11(2)24-18(23)15-9-6-13(20)10-16(15)19/h4-11H,3H2,1-2H3,(H,21,22)/t11-/m0/s1. The Morgan fingerprint density at radius 3 is 2.46 bits per heavy atom. The predicted octanol–water partition coefficient (Wildman–Crippen LogP) is 4.33. The number of benzene rings is 2. The van der Waals surface area contributed by atoms with Gasteiger partial charge >= 0.3 is 5.97 Å². The highest BCUT2D eigenvalue weighted by molar-refractivity contribution is 9.10. The summed E-state index contributed by atoms with van der Waals surface area (Å²) in [6.07, 6.45) is -0.0743. The number of hydrogen-bond acceptors (Lipinski definition) is 3. The zero-order valence-corrected chi connectivity index (χ0v) is 14.9. The summed E-state index contributed by atoms with van der Waals surface area (Å²) >= 11 is 3.10. The van der Waals surface area contributed by atoms with Crippen molar-refractivity contribution in [2.75, 3.05) is 5.32 Å². The van der Waals surface area contributed by atoms with Crippen LogP contribution in [0.3, 0.4) is 0 Å². The number of halogens is 2. The van der Waals surface area contributed by atoms with Crippen molar-refractivity contribution in [3.05, 3.63) is 63.9 Å². The number of carbonyl (C=O) groups is 2. The van der Waals surface area contributed by atoms with E-state index in [9.17, 15) is 14.0 Å². The number of nitrogens with one attached hydrogen (secondary N) is 1. The Bertz CT molecular complexity index is 746. The lowest BCUT2D eigenvalue weighted by atomic mass is 10.1. The van der Waals surface area contributed by atoms with Crippen LogP contribution < -0.4 is 5.32 Å². The maximum Gasteiger partial charge on any atom is 0.340 e. The van der Waals surface area contributed by atoms with Gasteiger partial charge in [-0.2, -0.15) is 0 Å². The van der Waals surface area contributed by atoms with Gasteiger partial charge in [-0.05, 0) is 65.2 Å². The normalized spacial score (nSPS) is 11.7. The maximum atomic E-state index is 13.1. The third kappa shape index (κ3) is 4.64. The first kappa shape index (κ1) is 18.1. The first-order valence-corrected chi connectivity index (χ1v) is 8.26. The van der Waals surface area contributed by atoms with Crippen molar-refractivity contribution >= 4 is 33.5 Å². The third-order valence-electron chi connectivity index (χ3n) is 3.43. The lowest BCUT2D eigenvalue weighted by Gasteiger charge is -2.14. The van der Waals surface area contributed by atoms with Gasteiger partial charge in [0, 0.05) is 10.2 Å². The fraction of sp³-hybridized carbons (Fsp3) is 0.222. The summed E-state index contributed by atoms with van der Waals surface area (Å²) in [5.74, 6) is -1.61. The van der Waals surface area contributed by atoms with E-state index in [0.717, 1.165) is 24.1 Å². The Kier molecular flexibility index (Phi) is 6.09. The van der Waals surface area contributed by atoms with Crippen molar-refractivity contribution in [3.8, 4) is 0 Å². The molecule has 0 bridgehead atoms. The molecule has 0 unspecified atom stereocenters. The minimum Gasteiger partial charge on any atom is -0.449 e. The molecule has 0 spiro atoms. The lowest BCUT2D eigenvalue weighted by molar-refractivity contribution is -0.123. The molecule has 1 N–H and O–H groups in total. The Balaban J connectivity index is 1.98. The molecule has 2 aromatic carbocycles. The predicted molar refractivity (Wildman–Crippen MR) is 93.4 cm³/mol. The van der Waals surface area contributed by atoms with Crippen LogP contribution in [0.15, 0.2) is 46.9 Å². The molecule has 0 heterocycles. The fourth-order valence-corrected chi connectivity index (χ4v) is 2.51. The number of hydrogen-bond donors (Lipinski definition) is 1. The maximum absolute atomic E-state index is 13.1. The van der Waals surface area contributed by atoms with E-state index < -0.39 is 23.8 Å². The van der Waals surface area contributed by atoms with Gasteiger partial charge < -0.3 is 10.1 Å². The van der Waals surface area contributed by atoms with Gasteiger partial charge in [-0.3, -0.25) is 4.79 Å². The third-order valence-corrected chi connectivity index (χ3v) is 4.09. The molecule has 0 radical (unpaired) electrons. The van der Waals surface area contributed by atoms with Gasteiger partial charge in [-0.25, -0.2) is 9.18 Å². The molecule has 0 saturated heterocycles. The van der Waals surface area contributed by atoms with Gasteiger partial charge in [-0.15, -0.1) is 0 Å². The van der Waals surface area contributed by atoms with Gasteiger partial charge in [0.25, 0.3) is 5.91 Å². The van der Waals surface area contributed by atoms with E-state index in [-0.39, 0.29) is 10.0 Å². The van der Waals surface area contributed by atoms with Crippen LogP contribution in [0.4, 0.5) is 10.1 Å². The van der Waals surface area contributed by atoms with Crippen molar-refractivity contribution < 1.29 is 18.7 Å². The minimum atomic E-state index is -0.986. The summed E-state index contributed by atoms with van der Waals surface area (Å²) < 4.78 is 18.5. The number of esters is 1. The second-order valence-corrected chi connectivity index (χ2v) is 6.07. The lowest BCUT2D eigenvalue weighted by Crippen LogP contribution is -2.30. The smallest absolute Gasteiger partial charge is 0.340 e. The SMILES string of the molecule is CCc1ccc(NC(=O)[C@H](C)OC(=O)c2ccc(F)cc2Br)cc1. The topological polar surface area (TPSA) is 55.4 Å². The average Bonchev–Trinajstić information content (AvgIpc) is 2.55. The van der Waals surface area contributed by atoms with Gasteiger partial charge in [0.05, 0.1) is 5.56 Å². The molecule has 4 nitrogen and oxygen atoms in total. The Labute approximate surface area is 148 Å². The van der Waals surface area contributed by atoms with E-state index in [1.54, 1.807) is 12.1 Å². The minimum absolute atomic E-state index is 0.156. The number of amides is 1. The molecule has 2 rings (SSSR count). The van der Waals surface area contributed by atoms with E-state index in [0.29, 0.717) is 5.69 Å². The molecule has 1 atom stereocenters. The Morgan fingerprint density at radius 2 is 1.88 bits per heavy atom. The number of ether oxygens (including phenoxy) is 1. The van der Waals surface area contributed by atoms with Crippen molar-refractivity contribution in [2.24, 2.45) is 0 Å². The highest BCUT2D eigenvalue weighted by atomic mass is 79.9. The Morgan fingerprint density at radius 1 is 1.21 bits per heavy atom.